The summed E-state index contributed by atoms with van der Waals surface area (Å²) in [7, 11) is 1.91. The lowest BCUT2D eigenvalue weighted by atomic mass is 10.1. The number of piperazine rings is 1. The molecule has 1 fully saturated rings. The summed E-state index contributed by atoms with van der Waals surface area (Å²) in [6, 6.07) is 7.65. The standard InChI is InChI=1S/C21H25ClN8O/c1-15-13-28(20-8-9-27(3)25-20)10-11-29(15)21(31)7-5-17-4-6-19(22)12-18(17)14-30-24-16(2)23-26-30/h4-9,12,15H,10-11,13-14H2,1-3H3/b7-5+/t15-/m1/s1. The van der Waals surface area contributed by atoms with Crippen LogP contribution in [0, 0.1) is 6.92 Å². The van der Waals surface area contributed by atoms with Gasteiger partial charge in [0.25, 0.3) is 0 Å². The predicted molar refractivity (Wildman–Crippen MR) is 119 cm³/mol. The largest absolute Gasteiger partial charge is 0.351 e. The number of tetrazole rings is 1. The Labute approximate surface area is 185 Å². The first-order chi connectivity index (χ1) is 14.9. The minimum atomic E-state index is -0.0104. The molecule has 0 unspecified atom stereocenters. The van der Waals surface area contributed by atoms with E-state index in [9.17, 15) is 4.79 Å². The average molecular weight is 441 g/mol. The molecule has 0 bridgehead atoms. The number of amides is 1. The summed E-state index contributed by atoms with van der Waals surface area (Å²) in [5, 5.41) is 17.2. The summed E-state index contributed by atoms with van der Waals surface area (Å²) < 4.78 is 1.79. The van der Waals surface area contributed by atoms with Gasteiger partial charge in [-0.15, -0.1) is 10.2 Å². The second-order valence-electron chi connectivity index (χ2n) is 7.72. The highest BCUT2D eigenvalue weighted by molar-refractivity contribution is 6.30. The fraction of sp³-hybridized carbons (Fsp3) is 0.381. The molecule has 0 saturated carbocycles. The molecule has 0 N–H and O–H groups in total. The first kappa shape index (κ1) is 21.0. The maximum absolute atomic E-state index is 12.9. The van der Waals surface area contributed by atoms with Gasteiger partial charge < -0.3 is 9.80 Å². The molecule has 1 aromatic carbocycles. The third-order valence-corrected chi connectivity index (χ3v) is 5.54. The monoisotopic (exact) mass is 440 g/mol. The maximum atomic E-state index is 12.9. The number of anilines is 1. The Morgan fingerprint density at radius 3 is 2.77 bits per heavy atom. The first-order valence-corrected chi connectivity index (χ1v) is 10.5. The minimum absolute atomic E-state index is 0.0104. The van der Waals surface area contributed by atoms with Crippen molar-refractivity contribution >= 4 is 29.4 Å². The molecule has 0 spiro atoms. The summed E-state index contributed by atoms with van der Waals surface area (Å²) in [6.45, 7) is 6.43. The third-order valence-electron chi connectivity index (χ3n) is 5.31. The Balaban J connectivity index is 1.44. The van der Waals surface area contributed by atoms with Gasteiger partial charge in [-0.25, -0.2) is 0 Å². The quantitative estimate of drug-likeness (QED) is 0.565. The molecular weight excluding hydrogens is 416 g/mol. The number of benzene rings is 1. The van der Waals surface area contributed by atoms with E-state index in [0.29, 0.717) is 23.9 Å². The van der Waals surface area contributed by atoms with E-state index >= 15 is 0 Å². The molecule has 1 atom stereocenters. The third kappa shape index (κ3) is 4.93. The van der Waals surface area contributed by atoms with Crippen molar-refractivity contribution in [3.63, 3.8) is 0 Å². The Hall–Kier alpha value is -3.20. The Morgan fingerprint density at radius 2 is 2.10 bits per heavy atom. The molecule has 3 heterocycles. The van der Waals surface area contributed by atoms with Gasteiger partial charge in [-0.3, -0.25) is 9.48 Å². The zero-order chi connectivity index (χ0) is 22.0. The molecule has 31 heavy (non-hydrogen) atoms. The number of halogens is 1. The Kier molecular flexibility index (Phi) is 6.03. The van der Waals surface area contributed by atoms with Crippen LogP contribution >= 0.6 is 11.6 Å². The van der Waals surface area contributed by atoms with Crippen LogP contribution in [0.3, 0.4) is 0 Å². The first-order valence-electron chi connectivity index (χ1n) is 10.1. The fourth-order valence-electron chi connectivity index (χ4n) is 3.74. The van der Waals surface area contributed by atoms with Crippen molar-refractivity contribution in [2.75, 3.05) is 24.5 Å². The van der Waals surface area contributed by atoms with Gasteiger partial charge in [-0.1, -0.05) is 17.7 Å². The van der Waals surface area contributed by atoms with Gasteiger partial charge in [0, 0.05) is 56.1 Å². The van der Waals surface area contributed by atoms with Crippen molar-refractivity contribution in [2.45, 2.75) is 26.4 Å². The van der Waals surface area contributed by atoms with Crippen LogP contribution in [0.4, 0.5) is 5.82 Å². The van der Waals surface area contributed by atoms with E-state index in [2.05, 4.69) is 32.3 Å². The molecule has 1 aliphatic rings. The second-order valence-corrected chi connectivity index (χ2v) is 8.15. The molecule has 10 heteroatoms. The van der Waals surface area contributed by atoms with Crippen molar-refractivity contribution in [1.29, 1.82) is 0 Å². The highest BCUT2D eigenvalue weighted by atomic mass is 35.5. The molecule has 162 valence electrons. The number of hydrogen-bond acceptors (Lipinski definition) is 6. The molecule has 2 aromatic heterocycles. The van der Waals surface area contributed by atoms with Gasteiger partial charge in [0.1, 0.15) is 0 Å². The molecule has 1 amide bonds. The van der Waals surface area contributed by atoms with Gasteiger partial charge in [0.05, 0.1) is 6.54 Å². The average Bonchev–Trinajstić information content (AvgIpc) is 3.35. The van der Waals surface area contributed by atoms with Crippen LogP contribution < -0.4 is 4.90 Å². The van der Waals surface area contributed by atoms with Gasteiger partial charge in [0.2, 0.25) is 5.91 Å². The summed E-state index contributed by atoms with van der Waals surface area (Å²) in [5.74, 6) is 1.54. The highest BCUT2D eigenvalue weighted by Crippen LogP contribution is 2.20. The summed E-state index contributed by atoms with van der Waals surface area (Å²) >= 11 is 6.18. The molecular formula is C21H25ClN8O. The van der Waals surface area contributed by atoms with E-state index in [1.165, 1.54) is 4.80 Å². The van der Waals surface area contributed by atoms with Crippen LogP contribution in [0.5, 0.6) is 0 Å². The normalized spacial score (nSPS) is 17.0. The topological polar surface area (TPSA) is 85.0 Å². The SMILES string of the molecule is Cc1nnn(Cc2cc(Cl)ccc2/C=C/C(=O)N2CCN(c3ccn(C)n3)C[C@H]2C)n1. The van der Waals surface area contributed by atoms with Crippen LogP contribution in [0.25, 0.3) is 6.08 Å². The maximum Gasteiger partial charge on any atom is 0.246 e. The van der Waals surface area contributed by atoms with Crippen LogP contribution in [-0.2, 0) is 18.4 Å². The summed E-state index contributed by atoms with van der Waals surface area (Å²) in [4.78, 5) is 18.5. The fourth-order valence-corrected chi connectivity index (χ4v) is 3.93. The van der Waals surface area contributed by atoms with Crippen LogP contribution in [0.1, 0.15) is 23.9 Å². The van der Waals surface area contributed by atoms with Gasteiger partial charge >= 0.3 is 0 Å². The van der Waals surface area contributed by atoms with E-state index < -0.39 is 0 Å². The van der Waals surface area contributed by atoms with Crippen molar-refractivity contribution in [1.82, 2.24) is 34.9 Å². The molecule has 9 nitrogen and oxygen atoms in total. The number of aryl methyl sites for hydroxylation is 2. The highest BCUT2D eigenvalue weighted by Gasteiger charge is 2.27. The Morgan fingerprint density at radius 1 is 1.26 bits per heavy atom. The zero-order valence-electron chi connectivity index (χ0n) is 17.8. The van der Waals surface area contributed by atoms with Gasteiger partial charge in [0.15, 0.2) is 11.6 Å². The lowest BCUT2D eigenvalue weighted by Crippen LogP contribution is -2.53. The molecule has 3 aromatic rings. The number of carbonyl (C=O) groups excluding carboxylic acids is 1. The number of hydrogen-bond donors (Lipinski definition) is 0. The van der Waals surface area contributed by atoms with Crippen molar-refractivity contribution < 1.29 is 4.79 Å². The molecule has 4 rings (SSSR count). The van der Waals surface area contributed by atoms with Crippen LogP contribution in [0.2, 0.25) is 5.02 Å². The Bertz CT molecular complexity index is 1100. The lowest BCUT2D eigenvalue weighted by molar-refractivity contribution is -0.128. The lowest BCUT2D eigenvalue weighted by Gasteiger charge is -2.39. The molecule has 0 radical (unpaired) electrons. The van der Waals surface area contributed by atoms with E-state index in [1.807, 2.05) is 48.5 Å². The number of rotatable bonds is 5. The van der Waals surface area contributed by atoms with Crippen LogP contribution in [-0.4, -0.2) is 66.5 Å². The smallest absolute Gasteiger partial charge is 0.246 e. The van der Waals surface area contributed by atoms with Crippen molar-refractivity contribution in [3.8, 4) is 0 Å². The van der Waals surface area contributed by atoms with E-state index in [0.717, 1.165) is 30.0 Å². The summed E-state index contributed by atoms with van der Waals surface area (Å²) in [5.41, 5.74) is 1.81. The number of nitrogens with zero attached hydrogens (tertiary/aromatic N) is 8. The molecule has 1 saturated heterocycles. The van der Waals surface area contributed by atoms with Gasteiger partial charge in [-0.05, 0) is 48.4 Å². The number of carbonyl (C=O) groups is 1. The minimum Gasteiger partial charge on any atom is -0.351 e. The molecule has 0 aliphatic carbocycles. The second kappa shape index (κ2) is 8.89. The van der Waals surface area contributed by atoms with Gasteiger partial charge in [-0.2, -0.15) is 9.90 Å². The van der Waals surface area contributed by atoms with E-state index in [1.54, 1.807) is 17.7 Å². The van der Waals surface area contributed by atoms with E-state index in [4.69, 9.17) is 11.6 Å². The summed E-state index contributed by atoms with van der Waals surface area (Å²) in [6.07, 6.45) is 5.38. The van der Waals surface area contributed by atoms with Crippen molar-refractivity contribution in [2.24, 2.45) is 7.05 Å². The zero-order valence-corrected chi connectivity index (χ0v) is 18.6. The number of aromatic nitrogens is 6. The molecule has 1 aliphatic heterocycles. The van der Waals surface area contributed by atoms with Crippen LogP contribution in [0.15, 0.2) is 36.5 Å². The van der Waals surface area contributed by atoms with E-state index in [-0.39, 0.29) is 11.9 Å². The predicted octanol–water partition coefficient (Wildman–Crippen LogP) is 2.17. The van der Waals surface area contributed by atoms with Crippen molar-refractivity contribution in [3.05, 3.63) is 58.5 Å².